The summed E-state index contributed by atoms with van der Waals surface area (Å²) in [5, 5.41) is 0. The van der Waals surface area contributed by atoms with Crippen molar-refractivity contribution in [3.8, 4) is 0 Å². The Balaban J connectivity index is 0. The first-order valence-corrected chi connectivity index (χ1v) is 4.27. The van der Waals surface area contributed by atoms with E-state index in [0.717, 1.165) is 20.8 Å². The third-order valence-corrected chi connectivity index (χ3v) is 2.32. The minimum atomic E-state index is -1.74. The van der Waals surface area contributed by atoms with E-state index in [4.69, 9.17) is 0 Å². The first-order valence-electron chi connectivity index (χ1n) is 4.27. The largest absolute Gasteiger partial charge is 2.00 e. The summed E-state index contributed by atoms with van der Waals surface area (Å²) in [4.78, 5) is 44.8. The fourth-order valence-corrected chi connectivity index (χ4v) is 1.49. The molecule has 0 amide bonds. The molecule has 0 saturated carbocycles. The molecule has 0 rings (SSSR count). The second-order valence-corrected chi connectivity index (χ2v) is 3.45. The molecule has 0 bridgehead atoms. The van der Waals surface area contributed by atoms with E-state index >= 15 is 0 Å². The minimum absolute atomic E-state index is 0. The van der Waals surface area contributed by atoms with Crippen LogP contribution in [0.25, 0.3) is 0 Å². The van der Waals surface area contributed by atoms with E-state index in [1.54, 1.807) is 0 Å². The average molecular weight is 305 g/mol. The Labute approximate surface area is 102 Å². The number of hydrogen-bond donors (Lipinski definition) is 0. The molecule has 0 aliphatic heterocycles. The van der Waals surface area contributed by atoms with Crippen molar-refractivity contribution in [1.29, 1.82) is 0 Å². The zero-order valence-corrected chi connectivity index (χ0v) is 10.7. The Morgan fingerprint density at radius 3 is 1.13 bits per heavy atom. The summed E-state index contributed by atoms with van der Waals surface area (Å²) in [7, 11) is 0. The van der Waals surface area contributed by atoms with Gasteiger partial charge in [0.2, 0.25) is 0 Å². The molecule has 0 aliphatic carbocycles. The Morgan fingerprint density at radius 1 is 0.800 bits per heavy atom. The topological polar surface area (TPSA) is 68.3 Å². The van der Waals surface area contributed by atoms with Crippen molar-refractivity contribution < 1.29 is 39.6 Å². The standard InChI is InChI=1S/C10H14O4.Pd/c1-6(11)5-10(7(2)12,8(3)13)9(4)14;/h5H2,1-4H3;/q;+2. The van der Waals surface area contributed by atoms with Crippen LogP contribution in [0.5, 0.6) is 0 Å². The minimum Gasteiger partial charge on any atom is -0.300 e. The maximum atomic E-state index is 11.3. The second-order valence-electron chi connectivity index (χ2n) is 3.45. The zero-order valence-electron chi connectivity index (χ0n) is 9.16. The molecule has 5 heteroatoms. The summed E-state index contributed by atoms with van der Waals surface area (Å²) in [6.07, 6.45) is -0.326. The normalized spacial score (nSPS) is 10.1. The molecule has 0 aromatic heterocycles. The van der Waals surface area contributed by atoms with Crippen LogP contribution in [0.1, 0.15) is 34.1 Å². The van der Waals surface area contributed by atoms with Gasteiger partial charge >= 0.3 is 20.4 Å². The summed E-state index contributed by atoms with van der Waals surface area (Å²) in [6.45, 7) is 4.73. The number of Topliss-reactive ketones (excluding diaryl/α,β-unsaturated/α-hetero) is 4. The molecule has 0 heterocycles. The molecular formula is C10H14O4Pd+2. The van der Waals surface area contributed by atoms with Crippen LogP contribution in [0.4, 0.5) is 0 Å². The maximum Gasteiger partial charge on any atom is 2.00 e. The van der Waals surface area contributed by atoms with E-state index in [-0.39, 0.29) is 32.6 Å². The fraction of sp³-hybridized carbons (Fsp3) is 0.600. The van der Waals surface area contributed by atoms with Crippen molar-refractivity contribution in [2.75, 3.05) is 0 Å². The molecule has 0 N–H and O–H groups in total. The number of carbonyl (C=O) groups excluding carboxylic acids is 4. The van der Waals surface area contributed by atoms with E-state index < -0.39 is 22.8 Å². The van der Waals surface area contributed by atoms with Crippen LogP contribution >= 0.6 is 0 Å². The van der Waals surface area contributed by atoms with Gasteiger partial charge in [0.1, 0.15) is 5.78 Å². The molecule has 0 radical (unpaired) electrons. The molecule has 0 fully saturated rings. The molecule has 15 heavy (non-hydrogen) atoms. The van der Waals surface area contributed by atoms with Gasteiger partial charge in [-0.15, -0.1) is 0 Å². The average Bonchev–Trinajstić information content (AvgIpc) is 1.97. The van der Waals surface area contributed by atoms with Crippen LogP contribution in [-0.2, 0) is 39.6 Å². The molecule has 0 spiro atoms. The van der Waals surface area contributed by atoms with E-state index in [9.17, 15) is 19.2 Å². The molecular weight excluding hydrogens is 291 g/mol. The Morgan fingerprint density at radius 2 is 1.07 bits per heavy atom. The molecule has 0 aromatic carbocycles. The molecule has 0 atom stereocenters. The summed E-state index contributed by atoms with van der Waals surface area (Å²) in [5.74, 6) is -2.03. The third kappa shape index (κ3) is 3.44. The van der Waals surface area contributed by atoms with Crippen LogP contribution in [-0.4, -0.2) is 23.1 Å². The van der Waals surface area contributed by atoms with E-state index in [2.05, 4.69) is 0 Å². The summed E-state index contributed by atoms with van der Waals surface area (Å²) < 4.78 is 0. The van der Waals surface area contributed by atoms with Gasteiger partial charge in [0.05, 0.1) is 0 Å². The molecule has 0 aliphatic rings. The van der Waals surface area contributed by atoms with Crippen LogP contribution in [0, 0.1) is 5.41 Å². The Hall–Kier alpha value is -0.658. The first-order chi connectivity index (χ1) is 6.25. The van der Waals surface area contributed by atoms with Crippen LogP contribution < -0.4 is 0 Å². The number of rotatable bonds is 5. The predicted octanol–water partition coefficient (Wildman–Crippen LogP) is 0.716. The van der Waals surface area contributed by atoms with Gasteiger partial charge in [-0.25, -0.2) is 0 Å². The van der Waals surface area contributed by atoms with E-state index in [0.29, 0.717) is 0 Å². The van der Waals surface area contributed by atoms with Crippen molar-refractivity contribution in [1.82, 2.24) is 0 Å². The maximum absolute atomic E-state index is 11.3. The van der Waals surface area contributed by atoms with E-state index in [1.807, 2.05) is 0 Å². The van der Waals surface area contributed by atoms with Crippen LogP contribution in [0.2, 0.25) is 0 Å². The number of carbonyl (C=O) groups is 4. The zero-order chi connectivity index (χ0) is 11.5. The van der Waals surface area contributed by atoms with Crippen LogP contribution in [0.15, 0.2) is 0 Å². The number of hydrogen-bond acceptors (Lipinski definition) is 4. The first kappa shape index (κ1) is 16.8. The summed E-state index contributed by atoms with van der Waals surface area (Å²) in [6, 6.07) is 0. The van der Waals surface area contributed by atoms with Gasteiger partial charge in [0.25, 0.3) is 0 Å². The third-order valence-electron chi connectivity index (χ3n) is 2.32. The molecule has 86 valence electrons. The van der Waals surface area contributed by atoms with Gasteiger partial charge in [-0.05, 0) is 27.7 Å². The Kier molecular flexibility index (Phi) is 6.75. The second kappa shape index (κ2) is 6.04. The van der Waals surface area contributed by atoms with Crippen molar-refractivity contribution >= 4 is 23.1 Å². The van der Waals surface area contributed by atoms with Gasteiger partial charge in [-0.3, -0.25) is 19.2 Å². The smallest absolute Gasteiger partial charge is 0.300 e. The predicted molar refractivity (Wildman–Crippen MR) is 49.8 cm³/mol. The monoisotopic (exact) mass is 304 g/mol. The van der Waals surface area contributed by atoms with Gasteiger partial charge < -0.3 is 0 Å². The van der Waals surface area contributed by atoms with Gasteiger partial charge in [0.15, 0.2) is 22.8 Å². The van der Waals surface area contributed by atoms with Crippen molar-refractivity contribution in [3.63, 3.8) is 0 Å². The van der Waals surface area contributed by atoms with Crippen molar-refractivity contribution in [2.45, 2.75) is 34.1 Å². The SMILES string of the molecule is CC(=O)CC(C(C)=O)(C(C)=O)C(C)=O.[Pd+2]. The van der Waals surface area contributed by atoms with Gasteiger partial charge in [0, 0.05) is 6.42 Å². The van der Waals surface area contributed by atoms with Gasteiger partial charge in [-0.1, -0.05) is 0 Å². The quantitative estimate of drug-likeness (QED) is 0.554. The van der Waals surface area contributed by atoms with Gasteiger partial charge in [-0.2, -0.15) is 0 Å². The Bertz CT molecular complexity index is 271. The molecule has 0 saturated heterocycles. The van der Waals surface area contributed by atoms with E-state index in [1.165, 1.54) is 6.92 Å². The molecule has 0 aromatic rings. The summed E-state index contributed by atoms with van der Waals surface area (Å²) >= 11 is 0. The van der Waals surface area contributed by atoms with Crippen molar-refractivity contribution in [2.24, 2.45) is 5.41 Å². The summed E-state index contributed by atoms with van der Waals surface area (Å²) in [5.41, 5.74) is -1.74. The van der Waals surface area contributed by atoms with Crippen molar-refractivity contribution in [3.05, 3.63) is 0 Å². The molecule has 4 nitrogen and oxygen atoms in total. The molecule has 0 unspecified atom stereocenters. The number of ketones is 4. The fourth-order valence-electron chi connectivity index (χ4n) is 1.49. The van der Waals surface area contributed by atoms with Crippen LogP contribution in [0.3, 0.4) is 0 Å².